The van der Waals surface area contributed by atoms with Crippen molar-refractivity contribution in [2.75, 3.05) is 12.3 Å². The molecule has 0 spiro atoms. The van der Waals surface area contributed by atoms with Crippen molar-refractivity contribution in [3.8, 4) is 0 Å². The first-order chi connectivity index (χ1) is 8.71. The molecule has 1 aromatic rings. The zero-order valence-electron chi connectivity index (χ0n) is 9.78. The predicted molar refractivity (Wildman–Crippen MR) is 75.3 cm³/mol. The number of thioether (sulfide) groups is 1. The van der Waals surface area contributed by atoms with E-state index in [4.69, 9.17) is 11.6 Å². The number of amidine groups is 1. The van der Waals surface area contributed by atoms with E-state index in [1.54, 1.807) is 11.8 Å². The molecule has 0 atom stereocenters. The maximum absolute atomic E-state index is 12.3. The van der Waals surface area contributed by atoms with Crippen molar-refractivity contribution in [1.29, 1.82) is 0 Å². The molecule has 1 N–H and O–H groups in total. The summed E-state index contributed by atoms with van der Waals surface area (Å²) in [6, 6.07) is 7.56. The van der Waals surface area contributed by atoms with Crippen molar-refractivity contribution in [3.05, 3.63) is 34.9 Å². The van der Waals surface area contributed by atoms with E-state index in [0.29, 0.717) is 5.02 Å². The monoisotopic (exact) mass is 280 g/mol. The molecule has 1 aliphatic carbocycles. The van der Waals surface area contributed by atoms with Crippen LogP contribution in [0.25, 0.3) is 0 Å². The first kappa shape index (κ1) is 12.1. The number of hydrogen-bond acceptors (Lipinski definition) is 3. The standard InChI is InChI=1S/C13H13ClN2OS/c14-10-3-1-9(2-4-10)13(5-6-13)11(17)16-12-15-7-8-18-12/h1-4H,5-8H2,(H,15,16,17). The van der Waals surface area contributed by atoms with Crippen LogP contribution in [-0.2, 0) is 10.2 Å². The third kappa shape index (κ3) is 2.15. The Balaban J connectivity index is 1.77. The van der Waals surface area contributed by atoms with Gasteiger partial charge in [0, 0.05) is 10.8 Å². The van der Waals surface area contributed by atoms with Gasteiger partial charge in [0.1, 0.15) is 0 Å². The van der Waals surface area contributed by atoms with Crippen molar-refractivity contribution in [3.63, 3.8) is 0 Å². The minimum absolute atomic E-state index is 0.0676. The van der Waals surface area contributed by atoms with Crippen LogP contribution < -0.4 is 5.32 Å². The van der Waals surface area contributed by atoms with E-state index in [-0.39, 0.29) is 11.3 Å². The Morgan fingerprint density at radius 3 is 2.61 bits per heavy atom. The summed E-state index contributed by atoms with van der Waals surface area (Å²) >= 11 is 7.49. The van der Waals surface area contributed by atoms with Gasteiger partial charge < -0.3 is 5.32 Å². The molecule has 5 heteroatoms. The molecule has 3 nitrogen and oxygen atoms in total. The van der Waals surface area contributed by atoms with Gasteiger partial charge in [0.2, 0.25) is 5.91 Å². The maximum Gasteiger partial charge on any atom is 0.236 e. The molecule has 3 rings (SSSR count). The average molecular weight is 281 g/mol. The predicted octanol–water partition coefficient (Wildman–Crippen LogP) is 2.59. The highest BCUT2D eigenvalue weighted by atomic mass is 35.5. The first-order valence-corrected chi connectivity index (χ1v) is 7.32. The summed E-state index contributed by atoms with van der Waals surface area (Å²) in [4.78, 5) is 16.6. The number of halogens is 1. The fourth-order valence-electron chi connectivity index (χ4n) is 2.17. The fourth-order valence-corrected chi connectivity index (χ4v) is 3.02. The van der Waals surface area contributed by atoms with Crippen molar-refractivity contribution in [2.45, 2.75) is 18.3 Å². The van der Waals surface area contributed by atoms with Gasteiger partial charge in [-0.1, -0.05) is 35.5 Å². The lowest BCUT2D eigenvalue weighted by Gasteiger charge is -2.15. The quantitative estimate of drug-likeness (QED) is 0.905. The van der Waals surface area contributed by atoms with Gasteiger partial charge in [-0.15, -0.1) is 0 Å². The number of nitrogens with one attached hydrogen (secondary N) is 1. The summed E-state index contributed by atoms with van der Waals surface area (Å²) < 4.78 is 0. The van der Waals surface area contributed by atoms with Gasteiger partial charge in [0.05, 0.1) is 12.0 Å². The third-order valence-corrected chi connectivity index (χ3v) is 4.53. The summed E-state index contributed by atoms with van der Waals surface area (Å²) in [5.41, 5.74) is 0.698. The van der Waals surface area contributed by atoms with E-state index in [0.717, 1.165) is 35.9 Å². The Morgan fingerprint density at radius 2 is 2.06 bits per heavy atom. The van der Waals surface area contributed by atoms with Crippen LogP contribution in [0.1, 0.15) is 18.4 Å². The second-order valence-electron chi connectivity index (χ2n) is 4.58. The van der Waals surface area contributed by atoms with Gasteiger partial charge in [-0.05, 0) is 30.5 Å². The Morgan fingerprint density at radius 1 is 1.33 bits per heavy atom. The Kier molecular flexibility index (Phi) is 3.08. The van der Waals surface area contributed by atoms with Gasteiger partial charge in [-0.2, -0.15) is 0 Å². The summed E-state index contributed by atoms with van der Waals surface area (Å²) in [6.45, 7) is 0.800. The highest BCUT2D eigenvalue weighted by Gasteiger charge is 2.51. The molecule has 1 saturated carbocycles. The molecule has 0 radical (unpaired) electrons. The molecule has 1 amide bonds. The molecule has 1 aromatic carbocycles. The van der Waals surface area contributed by atoms with Crippen LogP contribution in [0.2, 0.25) is 5.02 Å². The van der Waals surface area contributed by atoms with Crippen molar-refractivity contribution >= 4 is 34.4 Å². The lowest BCUT2D eigenvalue weighted by atomic mass is 9.95. The van der Waals surface area contributed by atoms with Crippen LogP contribution in [0.15, 0.2) is 29.3 Å². The van der Waals surface area contributed by atoms with E-state index >= 15 is 0 Å². The Bertz CT molecular complexity index is 508. The molecule has 1 heterocycles. The molecule has 1 fully saturated rings. The van der Waals surface area contributed by atoms with E-state index in [9.17, 15) is 4.79 Å². The first-order valence-electron chi connectivity index (χ1n) is 5.95. The van der Waals surface area contributed by atoms with Crippen LogP contribution in [0.3, 0.4) is 0 Å². The van der Waals surface area contributed by atoms with Crippen molar-refractivity contribution in [2.24, 2.45) is 4.99 Å². The van der Waals surface area contributed by atoms with Crippen LogP contribution in [-0.4, -0.2) is 23.4 Å². The number of rotatable bonds is 2. The Hall–Kier alpha value is -1.00. The average Bonchev–Trinajstić information content (AvgIpc) is 3.03. The summed E-state index contributed by atoms with van der Waals surface area (Å²) in [6.07, 6.45) is 1.80. The topological polar surface area (TPSA) is 41.5 Å². The largest absolute Gasteiger partial charge is 0.305 e. The van der Waals surface area contributed by atoms with Gasteiger partial charge in [-0.3, -0.25) is 9.79 Å². The van der Waals surface area contributed by atoms with Crippen LogP contribution in [0.4, 0.5) is 0 Å². The number of amides is 1. The van der Waals surface area contributed by atoms with Crippen LogP contribution >= 0.6 is 23.4 Å². The second kappa shape index (κ2) is 4.59. The molecule has 0 unspecified atom stereocenters. The number of carbonyl (C=O) groups excluding carboxylic acids is 1. The highest BCUT2D eigenvalue weighted by Crippen LogP contribution is 2.48. The highest BCUT2D eigenvalue weighted by molar-refractivity contribution is 8.14. The number of benzene rings is 1. The molecule has 0 aromatic heterocycles. The molecular formula is C13H13ClN2OS. The molecular weight excluding hydrogens is 268 g/mol. The van der Waals surface area contributed by atoms with Crippen molar-refractivity contribution in [1.82, 2.24) is 5.32 Å². The summed E-state index contributed by atoms with van der Waals surface area (Å²) in [5.74, 6) is 1.03. The zero-order chi connectivity index (χ0) is 12.6. The smallest absolute Gasteiger partial charge is 0.236 e. The second-order valence-corrected chi connectivity index (χ2v) is 6.10. The van der Waals surface area contributed by atoms with Crippen LogP contribution in [0.5, 0.6) is 0 Å². The number of nitrogens with zero attached hydrogens (tertiary/aromatic N) is 1. The molecule has 1 aliphatic heterocycles. The van der Waals surface area contributed by atoms with Gasteiger partial charge in [0.15, 0.2) is 5.17 Å². The van der Waals surface area contributed by atoms with E-state index < -0.39 is 0 Å². The molecule has 0 bridgehead atoms. The number of carbonyl (C=O) groups is 1. The molecule has 18 heavy (non-hydrogen) atoms. The van der Waals surface area contributed by atoms with Crippen LogP contribution in [0, 0.1) is 0 Å². The zero-order valence-corrected chi connectivity index (χ0v) is 11.4. The van der Waals surface area contributed by atoms with E-state index in [2.05, 4.69) is 10.3 Å². The van der Waals surface area contributed by atoms with Gasteiger partial charge in [0.25, 0.3) is 0 Å². The summed E-state index contributed by atoms with van der Waals surface area (Å²) in [7, 11) is 0. The molecule has 94 valence electrons. The van der Waals surface area contributed by atoms with Gasteiger partial charge in [-0.25, -0.2) is 0 Å². The van der Waals surface area contributed by atoms with E-state index in [1.165, 1.54) is 0 Å². The maximum atomic E-state index is 12.3. The fraction of sp³-hybridized carbons (Fsp3) is 0.385. The minimum atomic E-state index is -0.351. The Labute approximate surface area is 115 Å². The molecule has 2 aliphatic rings. The SMILES string of the molecule is O=C(NC1=NCCS1)C1(c2ccc(Cl)cc2)CC1. The number of aliphatic imine (C=N–C) groups is 1. The lowest BCUT2D eigenvalue weighted by Crippen LogP contribution is -2.37. The third-order valence-electron chi connectivity index (χ3n) is 3.39. The molecule has 0 saturated heterocycles. The van der Waals surface area contributed by atoms with Gasteiger partial charge >= 0.3 is 0 Å². The lowest BCUT2D eigenvalue weighted by molar-refractivity contribution is -0.122. The van der Waals surface area contributed by atoms with E-state index in [1.807, 2.05) is 24.3 Å². The minimum Gasteiger partial charge on any atom is -0.305 e. The normalized spacial score (nSPS) is 20.4. The van der Waals surface area contributed by atoms with Crippen molar-refractivity contribution < 1.29 is 4.79 Å². The number of hydrogen-bond donors (Lipinski definition) is 1. The summed E-state index contributed by atoms with van der Waals surface area (Å²) in [5, 5.41) is 4.40.